The highest BCUT2D eigenvalue weighted by atomic mass is 35.5. The van der Waals surface area contributed by atoms with Gasteiger partial charge in [0.25, 0.3) is 0 Å². The Labute approximate surface area is 88.0 Å². The van der Waals surface area contributed by atoms with E-state index in [-0.39, 0.29) is 0 Å². The molecule has 0 unspecified atom stereocenters. The number of hydrogen-bond donors (Lipinski definition) is 2. The second-order valence-electron chi connectivity index (χ2n) is 2.70. The van der Waals surface area contributed by atoms with E-state index < -0.39 is 0 Å². The Balaban J connectivity index is 2.59. The van der Waals surface area contributed by atoms with Crippen LogP contribution in [0.3, 0.4) is 0 Å². The Morgan fingerprint density at radius 3 is 2.77 bits per heavy atom. The standard InChI is InChI=1S/C9H12Cl2N2/c10-8-1-2-9(11)7(5-8)6-13-4-3-12/h1-2,5,13H,3-4,6,12H2. The zero-order valence-corrected chi connectivity index (χ0v) is 8.70. The van der Waals surface area contributed by atoms with Gasteiger partial charge in [0.1, 0.15) is 0 Å². The van der Waals surface area contributed by atoms with Crippen molar-refractivity contribution in [3.63, 3.8) is 0 Å². The summed E-state index contributed by atoms with van der Waals surface area (Å²) in [5.41, 5.74) is 6.34. The maximum Gasteiger partial charge on any atom is 0.0451 e. The van der Waals surface area contributed by atoms with Crippen molar-refractivity contribution in [1.29, 1.82) is 0 Å². The van der Waals surface area contributed by atoms with Crippen LogP contribution in [0.1, 0.15) is 5.56 Å². The van der Waals surface area contributed by atoms with Crippen molar-refractivity contribution < 1.29 is 0 Å². The Bertz CT molecular complexity index is 276. The van der Waals surface area contributed by atoms with Crippen LogP contribution < -0.4 is 11.1 Å². The molecule has 2 nitrogen and oxygen atoms in total. The Hall–Kier alpha value is -0.280. The van der Waals surface area contributed by atoms with E-state index in [2.05, 4.69) is 5.32 Å². The predicted molar refractivity (Wildman–Crippen MR) is 57.2 cm³/mol. The van der Waals surface area contributed by atoms with Gasteiger partial charge in [-0.15, -0.1) is 0 Å². The topological polar surface area (TPSA) is 38.0 Å². The van der Waals surface area contributed by atoms with Gasteiger partial charge in [-0.25, -0.2) is 0 Å². The van der Waals surface area contributed by atoms with Crippen molar-refractivity contribution in [2.45, 2.75) is 6.54 Å². The lowest BCUT2D eigenvalue weighted by Crippen LogP contribution is -2.21. The monoisotopic (exact) mass is 218 g/mol. The fraction of sp³-hybridized carbons (Fsp3) is 0.333. The molecule has 0 radical (unpaired) electrons. The molecule has 0 amide bonds. The first kappa shape index (κ1) is 10.8. The molecular formula is C9H12Cl2N2. The average Bonchev–Trinajstić information content (AvgIpc) is 2.11. The van der Waals surface area contributed by atoms with Gasteiger partial charge in [-0.05, 0) is 23.8 Å². The van der Waals surface area contributed by atoms with Crippen molar-refractivity contribution in [3.05, 3.63) is 33.8 Å². The average molecular weight is 219 g/mol. The van der Waals surface area contributed by atoms with E-state index in [4.69, 9.17) is 28.9 Å². The van der Waals surface area contributed by atoms with Crippen LogP contribution in [0.2, 0.25) is 10.0 Å². The smallest absolute Gasteiger partial charge is 0.0451 e. The first-order valence-electron chi connectivity index (χ1n) is 4.08. The van der Waals surface area contributed by atoms with Crippen molar-refractivity contribution >= 4 is 23.2 Å². The summed E-state index contributed by atoms with van der Waals surface area (Å²) < 4.78 is 0. The van der Waals surface area contributed by atoms with Crippen molar-refractivity contribution in [2.24, 2.45) is 5.73 Å². The molecule has 0 spiro atoms. The summed E-state index contributed by atoms with van der Waals surface area (Å²) in [4.78, 5) is 0. The Morgan fingerprint density at radius 2 is 2.08 bits per heavy atom. The van der Waals surface area contributed by atoms with Crippen LogP contribution in [-0.2, 0) is 6.54 Å². The summed E-state index contributed by atoms with van der Waals surface area (Å²) in [6.07, 6.45) is 0. The molecule has 1 aromatic carbocycles. The zero-order valence-electron chi connectivity index (χ0n) is 7.19. The first-order valence-corrected chi connectivity index (χ1v) is 4.84. The van der Waals surface area contributed by atoms with Gasteiger partial charge >= 0.3 is 0 Å². The molecule has 0 saturated carbocycles. The third-order valence-corrected chi connectivity index (χ3v) is 2.25. The third-order valence-electron chi connectivity index (χ3n) is 1.64. The van der Waals surface area contributed by atoms with Gasteiger partial charge in [-0.1, -0.05) is 23.2 Å². The molecule has 0 aliphatic carbocycles. The van der Waals surface area contributed by atoms with Crippen LogP contribution >= 0.6 is 23.2 Å². The van der Waals surface area contributed by atoms with Crippen LogP contribution in [0.15, 0.2) is 18.2 Å². The van der Waals surface area contributed by atoms with E-state index in [1.54, 1.807) is 12.1 Å². The van der Waals surface area contributed by atoms with Crippen LogP contribution in [0.4, 0.5) is 0 Å². The van der Waals surface area contributed by atoms with E-state index in [1.165, 1.54) is 0 Å². The largest absolute Gasteiger partial charge is 0.329 e. The van der Waals surface area contributed by atoms with Crippen molar-refractivity contribution in [1.82, 2.24) is 5.32 Å². The number of benzene rings is 1. The van der Waals surface area contributed by atoms with Crippen molar-refractivity contribution in [2.75, 3.05) is 13.1 Å². The zero-order chi connectivity index (χ0) is 9.68. The van der Waals surface area contributed by atoms with Gasteiger partial charge in [0.2, 0.25) is 0 Å². The SMILES string of the molecule is NCCNCc1cc(Cl)ccc1Cl. The fourth-order valence-corrected chi connectivity index (χ4v) is 1.38. The summed E-state index contributed by atoms with van der Waals surface area (Å²) >= 11 is 11.8. The molecule has 0 saturated heterocycles. The molecular weight excluding hydrogens is 207 g/mol. The molecule has 0 bridgehead atoms. The number of rotatable bonds is 4. The lowest BCUT2D eigenvalue weighted by molar-refractivity contribution is 0.695. The number of halogens is 2. The van der Waals surface area contributed by atoms with E-state index >= 15 is 0 Å². The van der Waals surface area contributed by atoms with Crippen LogP contribution in [-0.4, -0.2) is 13.1 Å². The minimum absolute atomic E-state index is 0.623. The predicted octanol–water partition coefficient (Wildman–Crippen LogP) is 2.04. The molecule has 1 rings (SSSR count). The van der Waals surface area contributed by atoms with Gasteiger partial charge in [0.05, 0.1) is 0 Å². The first-order chi connectivity index (χ1) is 6.24. The van der Waals surface area contributed by atoms with Crippen LogP contribution in [0.5, 0.6) is 0 Å². The minimum atomic E-state index is 0.623. The molecule has 0 heterocycles. The van der Waals surface area contributed by atoms with Gasteiger partial charge in [0, 0.05) is 29.7 Å². The molecule has 0 aliphatic rings. The lowest BCUT2D eigenvalue weighted by Gasteiger charge is -2.05. The number of nitrogens with one attached hydrogen (secondary N) is 1. The maximum atomic E-state index is 5.95. The third kappa shape index (κ3) is 3.53. The Kier molecular flexibility index (Phi) is 4.53. The van der Waals surface area contributed by atoms with Gasteiger partial charge in [-0.3, -0.25) is 0 Å². The highest BCUT2D eigenvalue weighted by molar-refractivity contribution is 6.33. The summed E-state index contributed by atoms with van der Waals surface area (Å²) in [6, 6.07) is 5.42. The molecule has 0 atom stereocenters. The molecule has 72 valence electrons. The summed E-state index contributed by atoms with van der Waals surface area (Å²) in [6.45, 7) is 2.11. The number of nitrogens with two attached hydrogens (primary N) is 1. The van der Waals surface area contributed by atoms with E-state index in [9.17, 15) is 0 Å². The van der Waals surface area contributed by atoms with Gasteiger partial charge < -0.3 is 11.1 Å². The summed E-state index contributed by atoms with van der Waals surface area (Å²) in [5, 5.41) is 4.58. The van der Waals surface area contributed by atoms with Crippen LogP contribution in [0, 0.1) is 0 Å². The minimum Gasteiger partial charge on any atom is -0.329 e. The summed E-state index contributed by atoms with van der Waals surface area (Å²) in [7, 11) is 0. The second-order valence-corrected chi connectivity index (χ2v) is 3.54. The molecule has 0 fully saturated rings. The van der Waals surface area contributed by atoms with Crippen molar-refractivity contribution in [3.8, 4) is 0 Å². The van der Waals surface area contributed by atoms with E-state index in [1.807, 2.05) is 6.07 Å². The Morgan fingerprint density at radius 1 is 1.31 bits per heavy atom. The normalized spacial score (nSPS) is 10.4. The highest BCUT2D eigenvalue weighted by Gasteiger charge is 1.99. The maximum absolute atomic E-state index is 5.95. The van der Waals surface area contributed by atoms with E-state index in [0.29, 0.717) is 18.1 Å². The molecule has 1 aromatic rings. The quantitative estimate of drug-likeness (QED) is 0.760. The molecule has 0 aromatic heterocycles. The highest BCUT2D eigenvalue weighted by Crippen LogP contribution is 2.20. The molecule has 13 heavy (non-hydrogen) atoms. The fourth-order valence-electron chi connectivity index (χ4n) is 1.00. The molecule has 4 heteroatoms. The second kappa shape index (κ2) is 5.45. The summed E-state index contributed by atoms with van der Waals surface area (Å²) in [5.74, 6) is 0. The lowest BCUT2D eigenvalue weighted by atomic mass is 10.2. The molecule has 0 aliphatic heterocycles. The van der Waals surface area contributed by atoms with Gasteiger partial charge in [-0.2, -0.15) is 0 Å². The molecule has 3 N–H and O–H groups in total. The van der Waals surface area contributed by atoms with E-state index in [0.717, 1.165) is 17.1 Å². The van der Waals surface area contributed by atoms with Crippen LogP contribution in [0.25, 0.3) is 0 Å². The van der Waals surface area contributed by atoms with Gasteiger partial charge in [0.15, 0.2) is 0 Å². The number of hydrogen-bond acceptors (Lipinski definition) is 2.